The van der Waals surface area contributed by atoms with Gasteiger partial charge in [-0.1, -0.05) is 12.1 Å². The molecule has 1 aliphatic rings. The maximum Gasteiger partial charge on any atom is 0.257 e. The average Bonchev–Trinajstić information content (AvgIpc) is 3.01. The fourth-order valence-electron chi connectivity index (χ4n) is 2.80. The second-order valence-corrected chi connectivity index (χ2v) is 5.76. The lowest BCUT2D eigenvalue weighted by Crippen LogP contribution is -2.44. The van der Waals surface area contributed by atoms with Crippen LogP contribution < -0.4 is 10.6 Å². The first-order valence-corrected chi connectivity index (χ1v) is 8.23. The van der Waals surface area contributed by atoms with Gasteiger partial charge in [0.2, 0.25) is 0 Å². The maximum atomic E-state index is 12.2. The summed E-state index contributed by atoms with van der Waals surface area (Å²) >= 11 is 0. The third-order valence-electron chi connectivity index (χ3n) is 4.15. The number of nitrogens with one attached hydrogen (secondary N) is 2. The lowest BCUT2D eigenvalue weighted by atomic mass is 10.1. The first kappa shape index (κ1) is 18.6. The molecule has 3 rings (SSSR count). The molecule has 1 saturated heterocycles. The molecule has 0 saturated carbocycles. The number of hydrogen-bond donors (Lipinski definition) is 2. The van der Waals surface area contributed by atoms with Gasteiger partial charge in [-0.2, -0.15) is 0 Å². The Balaban J connectivity index is 0.00000208. The second kappa shape index (κ2) is 8.96. The Morgan fingerprint density at radius 2 is 2.21 bits per heavy atom. The molecule has 7 nitrogen and oxygen atoms in total. The van der Waals surface area contributed by atoms with Crippen molar-refractivity contribution in [1.29, 1.82) is 0 Å². The van der Waals surface area contributed by atoms with Gasteiger partial charge in [0.25, 0.3) is 11.6 Å². The van der Waals surface area contributed by atoms with E-state index in [1.165, 1.54) is 0 Å². The number of rotatable bonds is 6. The maximum absolute atomic E-state index is 12.2. The van der Waals surface area contributed by atoms with Crippen molar-refractivity contribution in [3.8, 4) is 0 Å². The molecular weight excluding hydrogens is 330 g/mol. The first-order chi connectivity index (χ1) is 11.3. The molecule has 1 fully saturated rings. The third-order valence-corrected chi connectivity index (χ3v) is 4.15. The normalized spacial score (nSPS) is 15.2. The van der Waals surface area contributed by atoms with Gasteiger partial charge in [0.05, 0.1) is 16.6 Å². The van der Waals surface area contributed by atoms with E-state index in [4.69, 9.17) is 4.52 Å². The van der Waals surface area contributed by atoms with Crippen molar-refractivity contribution in [2.45, 2.75) is 19.8 Å². The first-order valence-electron chi connectivity index (χ1n) is 8.23. The van der Waals surface area contributed by atoms with Crippen LogP contribution in [0.1, 0.15) is 29.4 Å². The molecule has 8 heteroatoms. The van der Waals surface area contributed by atoms with Crippen LogP contribution in [0.3, 0.4) is 0 Å². The fourth-order valence-corrected chi connectivity index (χ4v) is 2.80. The number of halogens is 1. The lowest BCUT2D eigenvalue weighted by Gasteiger charge is -2.27. The zero-order valence-electron chi connectivity index (χ0n) is 13.9. The summed E-state index contributed by atoms with van der Waals surface area (Å²) in [7, 11) is 0. The van der Waals surface area contributed by atoms with Crippen molar-refractivity contribution in [3.05, 3.63) is 23.5 Å². The molecule has 132 valence electrons. The minimum atomic E-state index is -0.0945. The summed E-state index contributed by atoms with van der Waals surface area (Å²) in [6, 6.07) is 1.81. The van der Waals surface area contributed by atoms with E-state index in [-0.39, 0.29) is 18.3 Å². The van der Waals surface area contributed by atoms with Gasteiger partial charge in [0.1, 0.15) is 0 Å². The SMILES string of the molecule is CCc1noc2ncc(C(=O)NCCCN3CCNCC3)cc12.Cl. The monoisotopic (exact) mass is 353 g/mol. The molecule has 3 heterocycles. The lowest BCUT2D eigenvalue weighted by molar-refractivity contribution is 0.0951. The highest BCUT2D eigenvalue weighted by Gasteiger charge is 2.13. The van der Waals surface area contributed by atoms with Crippen LogP contribution >= 0.6 is 12.4 Å². The second-order valence-electron chi connectivity index (χ2n) is 5.76. The summed E-state index contributed by atoms with van der Waals surface area (Å²) in [5.41, 5.74) is 1.87. The molecule has 0 spiro atoms. The number of amides is 1. The van der Waals surface area contributed by atoms with Crippen LogP contribution in [0.5, 0.6) is 0 Å². The van der Waals surface area contributed by atoms with E-state index in [9.17, 15) is 4.79 Å². The molecule has 2 aromatic heterocycles. The van der Waals surface area contributed by atoms with Crippen LogP contribution in [0.4, 0.5) is 0 Å². The molecule has 0 atom stereocenters. The summed E-state index contributed by atoms with van der Waals surface area (Å²) in [4.78, 5) is 18.8. The van der Waals surface area contributed by atoms with Crippen LogP contribution in [-0.2, 0) is 6.42 Å². The quantitative estimate of drug-likeness (QED) is 0.760. The van der Waals surface area contributed by atoms with Crippen molar-refractivity contribution >= 4 is 29.4 Å². The Morgan fingerprint density at radius 3 is 2.96 bits per heavy atom. The van der Waals surface area contributed by atoms with Crippen LogP contribution in [-0.4, -0.2) is 60.2 Å². The zero-order valence-corrected chi connectivity index (χ0v) is 14.7. The molecule has 0 bridgehead atoms. The van der Waals surface area contributed by atoms with E-state index in [1.54, 1.807) is 6.20 Å². The topological polar surface area (TPSA) is 83.3 Å². The molecule has 0 aliphatic carbocycles. The molecule has 2 N–H and O–H groups in total. The Kier molecular flexibility index (Phi) is 6.96. The summed E-state index contributed by atoms with van der Waals surface area (Å²) in [5.74, 6) is -0.0945. The van der Waals surface area contributed by atoms with E-state index in [0.717, 1.165) is 56.6 Å². The number of carbonyl (C=O) groups is 1. The molecule has 1 aliphatic heterocycles. The molecule has 0 aromatic carbocycles. The van der Waals surface area contributed by atoms with E-state index in [2.05, 4.69) is 25.7 Å². The van der Waals surface area contributed by atoms with Gasteiger partial charge >= 0.3 is 0 Å². The van der Waals surface area contributed by atoms with Gasteiger partial charge in [0.15, 0.2) is 0 Å². The predicted molar refractivity (Wildman–Crippen MR) is 94.7 cm³/mol. The Bertz CT molecular complexity index is 670. The Labute approximate surface area is 147 Å². The number of nitrogens with zero attached hydrogens (tertiary/aromatic N) is 3. The molecular formula is C16H24ClN5O2. The Hall–Kier alpha value is -1.70. The standard InChI is InChI=1S/C16H23N5O2.ClH/c1-2-14-13-10-12(11-19-16(13)23-20-14)15(22)18-4-3-7-21-8-5-17-6-9-21;/h10-11,17H,2-9H2,1H3,(H,18,22);1H. The number of fused-ring (bicyclic) bond motifs is 1. The zero-order chi connectivity index (χ0) is 16.1. The van der Waals surface area contributed by atoms with Gasteiger partial charge in [-0.25, -0.2) is 4.98 Å². The summed E-state index contributed by atoms with van der Waals surface area (Å²) in [6.07, 6.45) is 3.25. The number of aromatic nitrogens is 2. The summed E-state index contributed by atoms with van der Waals surface area (Å²) in [6.45, 7) is 7.97. The largest absolute Gasteiger partial charge is 0.352 e. The Morgan fingerprint density at radius 1 is 1.42 bits per heavy atom. The minimum Gasteiger partial charge on any atom is -0.352 e. The number of piperazine rings is 1. The van der Waals surface area contributed by atoms with Crippen LogP contribution in [0.2, 0.25) is 0 Å². The molecule has 2 aromatic rings. The van der Waals surface area contributed by atoms with Crippen molar-refractivity contribution in [2.24, 2.45) is 0 Å². The molecule has 0 radical (unpaired) electrons. The van der Waals surface area contributed by atoms with E-state index in [1.807, 2.05) is 13.0 Å². The van der Waals surface area contributed by atoms with Crippen LogP contribution in [0.25, 0.3) is 11.1 Å². The van der Waals surface area contributed by atoms with Crippen molar-refractivity contribution in [1.82, 2.24) is 25.7 Å². The third kappa shape index (κ3) is 4.43. The molecule has 1 amide bonds. The molecule has 24 heavy (non-hydrogen) atoms. The van der Waals surface area contributed by atoms with Gasteiger partial charge in [-0.05, 0) is 25.5 Å². The highest BCUT2D eigenvalue weighted by atomic mass is 35.5. The van der Waals surface area contributed by atoms with E-state index >= 15 is 0 Å². The van der Waals surface area contributed by atoms with Crippen molar-refractivity contribution in [3.63, 3.8) is 0 Å². The van der Waals surface area contributed by atoms with Gasteiger partial charge in [-0.15, -0.1) is 12.4 Å². The van der Waals surface area contributed by atoms with Gasteiger partial charge in [-0.3, -0.25) is 4.79 Å². The van der Waals surface area contributed by atoms with E-state index in [0.29, 0.717) is 17.8 Å². The fraction of sp³-hybridized carbons (Fsp3) is 0.562. The van der Waals surface area contributed by atoms with E-state index < -0.39 is 0 Å². The highest BCUT2D eigenvalue weighted by Crippen LogP contribution is 2.18. The average molecular weight is 354 g/mol. The van der Waals surface area contributed by atoms with Crippen LogP contribution in [0.15, 0.2) is 16.8 Å². The minimum absolute atomic E-state index is 0. The van der Waals surface area contributed by atoms with Crippen LogP contribution in [0, 0.1) is 0 Å². The number of hydrogen-bond acceptors (Lipinski definition) is 6. The number of aryl methyl sites for hydroxylation is 1. The van der Waals surface area contributed by atoms with Crippen molar-refractivity contribution in [2.75, 3.05) is 39.3 Å². The summed E-state index contributed by atoms with van der Waals surface area (Å²) < 4.78 is 5.14. The number of pyridine rings is 1. The summed E-state index contributed by atoms with van der Waals surface area (Å²) in [5, 5.41) is 11.1. The molecule has 0 unspecified atom stereocenters. The highest BCUT2D eigenvalue weighted by molar-refractivity contribution is 5.96. The predicted octanol–water partition coefficient (Wildman–Crippen LogP) is 1.23. The smallest absolute Gasteiger partial charge is 0.257 e. The van der Waals surface area contributed by atoms with Crippen molar-refractivity contribution < 1.29 is 9.32 Å². The van der Waals surface area contributed by atoms with Gasteiger partial charge < -0.3 is 20.1 Å². The number of carbonyl (C=O) groups excluding carboxylic acids is 1. The van der Waals surface area contributed by atoms with Gasteiger partial charge in [0, 0.05) is 38.9 Å².